The van der Waals surface area contributed by atoms with Crippen LogP contribution in [-0.2, 0) is 9.84 Å². The molecular formula is C8H18N2O2S2Si. The summed E-state index contributed by atoms with van der Waals surface area (Å²) in [6.07, 6.45) is 0.663. The third-order valence-electron chi connectivity index (χ3n) is 2.06. The van der Waals surface area contributed by atoms with Crippen molar-refractivity contribution in [3.05, 3.63) is 0 Å². The number of thiocarbonyl (C=S) groups is 1. The Kier molecular flexibility index (Phi) is 3.78. The summed E-state index contributed by atoms with van der Waals surface area (Å²) in [6, 6.07) is -0.00801. The van der Waals surface area contributed by atoms with Gasteiger partial charge < -0.3 is 10.3 Å². The van der Waals surface area contributed by atoms with Gasteiger partial charge in [0.15, 0.2) is 14.9 Å². The van der Waals surface area contributed by atoms with Gasteiger partial charge >= 0.3 is 0 Å². The van der Waals surface area contributed by atoms with Gasteiger partial charge in [-0.05, 0) is 18.6 Å². The molecule has 0 aromatic rings. The van der Waals surface area contributed by atoms with E-state index in [1.54, 1.807) is 0 Å². The maximum atomic E-state index is 11.2. The fourth-order valence-corrected chi connectivity index (χ4v) is 4.98. The van der Waals surface area contributed by atoms with Gasteiger partial charge in [0.05, 0.1) is 11.5 Å². The van der Waals surface area contributed by atoms with E-state index in [9.17, 15) is 8.42 Å². The van der Waals surface area contributed by atoms with Gasteiger partial charge in [-0.15, -0.1) is 0 Å². The van der Waals surface area contributed by atoms with Crippen molar-refractivity contribution in [1.82, 2.24) is 10.3 Å². The molecule has 2 N–H and O–H groups in total. The Hall–Kier alpha value is -0.143. The van der Waals surface area contributed by atoms with Crippen molar-refractivity contribution in [1.29, 1.82) is 0 Å². The van der Waals surface area contributed by atoms with E-state index in [4.69, 9.17) is 12.2 Å². The third kappa shape index (κ3) is 4.94. The van der Waals surface area contributed by atoms with E-state index in [0.717, 1.165) is 0 Å². The lowest BCUT2D eigenvalue weighted by Gasteiger charge is -2.22. The Morgan fingerprint density at radius 1 is 1.40 bits per heavy atom. The van der Waals surface area contributed by atoms with Crippen molar-refractivity contribution in [3.8, 4) is 0 Å². The zero-order chi connectivity index (χ0) is 11.7. The van der Waals surface area contributed by atoms with E-state index < -0.39 is 18.1 Å². The number of sulfone groups is 1. The maximum absolute atomic E-state index is 11.2. The van der Waals surface area contributed by atoms with Gasteiger partial charge in [0.2, 0.25) is 0 Å². The molecule has 1 rings (SSSR count). The van der Waals surface area contributed by atoms with Crippen molar-refractivity contribution in [2.24, 2.45) is 0 Å². The molecule has 1 aliphatic heterocycles. The average Bonchev–Trinajstić information content (AvgIpc) is 2.25. The van der Waals surface area contributed by atoms with Crippen LogP contribution >= 0.6 is 12.2 Å². The summed E-state index contributed by atoms with van der Waals surface area (Å²) >= 11 is 5.13. The molecule has 4 nitrogen and oxygen atoms in total. The van der Waals surface area contributed by atoms with Crippen molar-refractivity contribution in [2.75, 3.05) is 11.5 Å². The second-order valence-corrected chi connectivity index (χ2v) is 12.3. The Bertz CT molecular complexity index is 348. The summed E-state index contributed by atoms with van der Waals surface area (Å²) in [6.45, 7) is 6.44. The van der Waals surface area contributed by atoms with Crippen LogP contribution in [0.4, 0.5) is 0 Å². The lowest BCUT2D eigenvalue weighted by Crippen LogP contribution is -2.52. The molecule has 1 saturated heterocycles. The predicted octanol–water partition coefficient (Wildman–Crippen LogP) is 0.473. The van der Waals surface area contributed by atoms with Crippen LogP contribution in [0.15, 0.2) is 0 Å². The van der Waals surface area contributed by atoms with Gasteiger partial charge in [-0.25, -0.2) is 8.42 Å². The maximum Gasteiger partial charge on any atom is 0.158 e. The fourth-order valence-electron chi connectivity index (χ4n) is 1.47. The van der Waals surface area contributed by atoms with Gasteiger partial charge in [0.1, 0.15) is 8.24 Å². The zero-order valence-corrected chi connectivity index (χ0v) is 12.0. The molecule has 88 valence electrons. The van der Waals surface area contributed by atoms with E-state index in [2.05, 4.69) is 29.9 Å². The summed E-state index contributed by atoms with van der Waals surface area (Å²) < 4.78 is 22.4. The van der Waals surface area contributed by atoms with E-state index >= 15 is 0 Å². The highest BCUT2D eigenvalue weighted by molar-refractivity contribution is 7.91. The van der Waals surface area contributed by atoms with Crippen LogP contribution < -0.4 is 10.3 Å². The van der Waals surface area contributed by atoms with Crippen molar-refractivity contribution >= 4 is 35.4 Å². The molecule has 0 saturated carbocycles. The highest BCUT2D eigenvalue weighted by atomic mass is 32.2. The lowest BCUT2D eigenvalue weighted by atomic mass is 10.3. The van der Waals surface area contributed by atoms with Crippen molar-refractivity contribution in [3.63, 3.8) is 0 Å². The molecule has 1 heterocycles. The average molecular weight is 266 g/mol. The molecule has 0 unspecified atom stereocenters. The van der Waals surface area contributed by atoms with Crippen molar-refractivity contribution < 1.29 is 8.42 Å². The summed E-state index contributed by atoms with van der Waals surface area (Å²) in [7, 11) is -4.25. The molecule has 1 fully saturated rings. The Labute approximate surface area is 97.8 Å². The molecule has 0 amide bonds. The van der Waals surface area contributed by atoms with Crippen molar-refractivity contribution in [2.45, 2.75) is 32.1 Å². The number of rotatable bonds is 2. The molecule has 1 atom stereocenters. The van der Waals surface area contributed by atoms with Crippen LogP contribution in [0, 0.1) is 0 Å². The van der Waals surface area contributed by atoms with Crippen LogP contribution in [0.3, 0.4) is 0 Å². The first-order valence-corrected chi connectivity index (χ1v) is 10.7. The van der Waals surface area contributed by atoms with Crippen LogP contribution in [0.2, 0.25) is 19.6 Å². The highest BCUT2D eigenvalue weighted by Gasteiger charge is 2.28. The second-order valence-electron chi connectivity index (χ2n) is 4.95. The third-order valence-corrected chi connectivity index (χ3v) is 5.23. The van der Waals surface area contributed by atoms with E-state index in [-0.39, 0.29) is 17.5 Å². The van der Waals surface area contributed by atoms with Gasteiger partial charge in [0.25, 0.3) is 0 Å². The van der Waals surface area contributed by atoms with Crippen LogP contribution in [-0.4, -0.2) is 39.3 Å². The molecule has 0 aromatic carbocycles. The molecule has 0 bridgehead atoms. The number of hydrogen-bond acceptors (Lipinski definition) is 3. The quantitative estimate of drug-likeness (QED) is 0.562. The predicted molar refractivity (Wildman–Crippen MR) is 69.3 cm³/mol. The molecule has 0 aromatic heterocycles. The first-order chi connectivity index (χ1) is 6.68. The van der Waals surface area contributed by atoms with Gasteiger partial charge in [-0.3, -0.25) is 0 Å². The largest absolute Gasteiger partial charge is 0.389 e. The summed E-state index contributed by atoms with van der Waals surface area (Å²) in [5.41, 5.74) is 0. The highest BCUT2D eigenvalue weighted by Crippen LogP contribution is 2.11. The fraction of sp³-hybridized carbons (Fsp3) is 0.875. The molecular weight excluding hydrogens is 248 g/mol. The normalized spacial score (nSPS) is 24.9. The molecule has 0 aliphatic carbocycles. The van der Waals surface area contributed by atoms with Gasteiger partial charge in [-0.1, -0.05) is 19.6 Å². The smallest absolute Gasteiger partial charge is 0.158 e. The number of hydrogen-bond donors (Lipinski definition) is 2. The van der Waals surface area contributed by atoms with E-state index in [1.807, 2.05) is 0 Å². The molecule has 7 heteroatoms. The Morgan fingerprint density at radius 3 is 2.40 bits per heavy atom. The minimum atomic E-state index is -2.82. The molecule has 0 radical (unpaired) electrons. The number of nitrogens with one attached hydrogen (secondary N) is 2. The SMILES string of the molecule is C[Si](C)(C)NC(=S)N[C@@H]1CCS(=O)(=O)C1. The molecule has 1 aliphatic rings. The van der Waals surface area contributed by atoms with Crippen LogP contribution in [0.25, 0.3) is 0 Å². The first-order valence-electron chi connectivity index (χ1n) is 4.97. The second kappa shape index (κ2) is 4.38. The Morgan fingerprint density at radius 2 is 2.00 bits per heavy atom. The molecule has 15 heavy (non-hydrogen) atoms. The summed E-state index contributed by atoms with van der Waals surface area (Å²) in [5, 5.41) is 3.66. The zero-order valence-electron chi connectivity index (χ0n) is 9.33. The van der Waals surface area contributed by atoms with Crippen LogP contribution in [0.1, 0.15) is 6.42 Å². The first kappa shape index (κ1) is 12.9. The standard InChI is InChI=1S/C8H18N2O2S2Si/c1-15(2,3)10-8(13)9-7-4-5-14(11,12)6-7/h7H,4-6H2,1-3H3,(H2,9,10,13)/t7-/m1/s1. The molecule has 0 spiro atoms. The topological polar surface area (TPSA) is 58.2 Å². The summed E-state index contributed by atoms with van der Waals surface area (Å²) in [4.78, 5) is 3.24. The minimum absolute atomic E-state index is 0.00801. The van der Waals surface area contributed by atoms with E-state index in [1.165, 1.54) is 0 Å². The Balaban J connectivity index is 2.41. The summed E-state index contributed by atoms with van der Waals surface area (Å²) in [5.74, 6) is 0.487. The lowest BCUT2D eigenvalue weighted by molar-refractivity contribution is 0.600. The van der Waals surface area contributed by atoms with Gasteiger partial charge in [-0.2, -0.15) is 0 Å². The monoisotopic (exact) mass is 266 g/mol. The van der Waals surface area contributed by atoms with Gasteiger partial charge in [0, 0.05) is 6.04 Å². The van der Waals surface area contributed by atoms with Crippen LogP contribution in [0.5, 0.6) is 0 Å². The van der Waals surface area contributed by atoms with E-state index in [0.29, 0.717) is 11.5 Å². The minimum Gasteiger partial charge on any atom is -0.389 e.